The van der Waals surface area contributed by atoms with E-state index >= 15 is 0 Å². The van der Waals surface area contributed by atoms with Crippen LogP contribution in [0.15, 0.2) is 48.5 Å². The maximum absolute atomic E-state index is 12.2. The lowest BCUT2D eigenvalue weighted by molar-refractivity contribution is -0.384. The number of hydrogen-bond acceptors (Lipinski definition) is 4. The third kappa shape index (κ3) is 2.69. The van der Waals surface area contributed by atoms with E-state index < -0.39 is 11.0 Å². The molecule has 6 nitrogen and oxygen atoms in total. The molecule has 2 aromatic carbocycles. The fraction of sp³-hybridized carbons (Fsp3) is 0.133. The summed E-state index contributed by atoms with van der Waals surface area (Å²) < 4.78 is 5.57. The van der Waals surface area contributed by atoms with Crippen LogP contribution in [0, 0.1) is 10.1 Å². The number of fused-ring (bicyclic) bond motifs is 1. The number of nitrogens with zero attached hydrogens (tertiary/aromatic N) is 1. The Bertz CT molecular complexity index is 689. The molecule has 6 heteroatoms. The summed E-state index contributed by atoms with van der Waals surface area (Å²) >= 11 is 0. The smallest absolute Gasteiger partial charge is 0.271 e. The zero-order valence-electron chi connectivity index (χ0n) is 11.0. The molecular weight excluding hydrogens is 272 g/mol. The Hall–Kier alpha value is -2.89. The zero-order valence-corrected chi connectivity index (χ0v) is 11.0. The number of nitrogens with one attached hydrogen (secondary N) is 1. The summed E-state index contributed by atoms with van der Waals surface area (Å²) in [6.07, 6.45) is -0.113. The number of ether oxygens (including phenoxy) is 1. The second-order valence-electron chi connectivity index (χ2n) is 4.72. The van der Waals surface area contributed by atoms with Gasteiger partial charge in [0.1, 0.15) is 5.75 Å². The number of rotatable bonds is 3. The predicted molar refractivity (Wildman–Crippen MR) is 76.3 cm³/mol. The van der Waals surface area contributed by atoms with Crippen LogP contribution in [-0.2, 0) is 11.2 Å². The quantitative estimate of drug-likeness (QED) is 0.693. The van der Waals surface area contributed by atoms with E-state index in [2.05, 4.69) is 5.32 Å². The minimum absolute atomic E-state index is 0.0663. The molecule has 1 aliphatic heterocycles. The standard InChI is InChI=1S/C15H12N2O4/c18-15(14-8-10-4-1-2-7-13(10)21-14)16-11-5-3-6-12(9-11)17(19)20/h1-7,9,14H,8H2,(H,16,18)/t14-/m0/s1. The number of non-ortho nitro benzene ring substituents is 1. The third-order valence-electron chi connectivity index (χ3n) is 3.26. The first kappa shape index (κ1) is 13.1. The summed E-state index contributed by atoms with van der Waals surface area (Å²) in [4.78, 5) is 22.4. The van der Waals surface area contributed by atoms with Gasteiger partial charge in [0.25, 0.3) is 11.6 Å². The molecule has 0 aliphatic carbocycles. The van der Waals surface area contributed by atoms with Crippen molar-refractivity contribution in [3.05, 3.63) is 64.2 Å². The Morgan fingerprint density at radius 2 is 2.05 bits per heavy atom. The number of carbonyl (C=O) groups is 1. The third-order valence-corrected chi connectivity index (χ3v) is 3.26. The van der Waals surface area contributed by atoms with Gasteiger partial charge in [-0.1, -0.05) is 24.3 Å². The lowest BCUT2D eigenvalue weighted by Gasteiger charge is -2.11. The second kappa shape index (κ2) is 5.24. The molecule has 1 atom stereocenters. The van der Waals surface area contributed by atoms with Crippen LogP contribution in [0.4, 0.5) is 11.4 Å². The maximum Gasteiger partial charge on any atom is 0.271 e. The molecule has 1 amide bonds. The fourth-order valence-corrected chi connectivity index (χ4v) is 2.25. The van der Waals surface area contributed by atoms with Gasteiger partial charge in [-0.3, -0.25) is 14.9 Å². The van der Waals surface area contributed by atoms with Crippen molar-refractivity contribution in [3.63, 3.8) is 0 Å². The van der Waals surface area contributed by atoms with Gasteiger partial charge in [-0.05, 0) is 17.7 Å². The minimum atomic E-state index is -0.610. The summed E-state index contributed by atoms with van der Waals surface area (Å²) in [5.41, 5.74) is 1.30. The molecule has 0 saturated heterocycles. The highest BCUT2D eigenvalue weighted by atomic mass is 16.6. The van der Waals surface area contributed by atoms with Crippen LogP contribution >= 0.6 is 0 Å². The lowest BCUT2D eigenvalue weighted by Crippen LogP contribution is -2.31. The molecule has 0 aromatic heterocycles. The first-order valence-corrected chi connectivity index (χ1v) is 6.43. The molecule has 1 aliphatic rings. The summed E-state index contributed by atoms with van der Waals surface area (Å²) in [7, 11) is 0. The molecule has 0 spiro atoms. The Morgan fingerprint density at radius 3 is 2.81 bits per heavy atom. The molecule has 0 unspecified atom stereocenters. The van der Waals surface area contributed by atoms with Gasteiger partial charge < -0.3 is 10.1 Å². The highest BCUT2D eigenvalue weighted by Gasteiger charge is 2.28. The molecular formula is C15H12N2O4. The molecule has 1 N–H and O–H groups in total. The van der Waals surface area contributed by atoms with Crippen molar-refractivity contribution in [1.82, 2.24) is 0 Å². The van der Waals surface area contributed by atoms with Gasteiger partial charge in [0, 0.05) is 24.2 Å². The topological polar surface area (TPSA) is 81.5 Å². The monoisotopic (exact) mass is 284 g/mol. The molecule has 0 radical (unpaired) electrons. The van der Waals surface area contributed by atoms with Crippen LogP contribution in [-0.4, -0.2) is 16.9 Å². The van der Waals surface area contributed by atoms with Gasteiger partial charge >= 0.3 is 0 Å². The molecule has 2 aromatic rings. The van der Waals surface area contributed by atoms with Crippen LogP contribution in [0.3, 0.4) is 0 Å². The number of nitro groups is 1. The largest absolute Gasteiger partial charge is 0.480 e. The number of benzene rings is 2. The van der Waals surface area contributed by atoms with Crippen molar-refractivity contribution in [3.8, 4) is 5.75 Å². The molecule has 21 heavy (non-hydrogen) atoms. The van der Waals surface area contributed by atoms with Crippen molar-refractivity contribution in [2.24, 2.45) is 0 Å². The number of para-hydroxylation sites is 1. The van der Waals surface area contributed by atoms with Crippen LogP contribution in [0.25, 0.3) is 0 Å². The van der Waals surface area contributed by atoms with E-state index in [0.717, 1.165) is 5.56 Å². The Kier molecular flexibility index (Phi) is 3.27. The molecule has 3 rings (SSSR count). The van der Waals surface area contributed by atoms with E-state index in [1.165, 1.54) is 18.2 Å². The maximum atomic E-state index is 12.2. The van der Waals surface area contributed by atoms with Crippen LogP contribution in [0.2, 0.25) is 0 Å². The minimum Gasteiger partial charge on any atom is -0.480 e. The van der Waals surface area contributed by atoms with E-state index in [-0.39, 0.29) is 11.6 Å². The van der Waals surface area contributed by atoms with Gasteiger partial charge in [0.15, 0.2) is 6.10 Å². The number of nitro benzene ring substituents is 1. The summed E-state index contributed by atoms with van der Waals surface area (Å²) in [5, 5.41) is 13.4. The zero-order chi connectivity index (χ0) is 14.8. The second-order valence-corrected chi connectivity index (χ2v) is 4.72. The van der Waals surface area contributed by atoms with Gasteiger partial charge in [-0.15, -0.1) is 0 Å². The normalized spacial score (nSPS) is 15.9. The van der Waals surface area contributed by atoms with Crippen molar-refractivity contribution in [2.45, 2.75) is 12.5 Å². The lowest BCUT2D eigenvalue weighted by atomic mass is 10.1. The summed E-state index contributed by atoms with van der Waals surface area (Å²) in [6, 6.07) is 13.3. The number of hydrogen-bond donors (Lipinski definition) is 1. The molecule has 1 heterocycles. The van der Waals surface area contributed by atoms with Crippen LogP contribution in [0.1, 0.15) is 5.56 Å². The molecule has 0 saturated carbocycles. The highest BCUT2D eigenvalue weighted by Crippen LogP contribution is 2.28. The first-order valence-electron chi connectivity index (χ1n) is 6.43. The Morgan fingerprint density at radius 1 is 1.24 bits per heavy atom. The summed E-state index contributed by atoms with van der Waals surface area (Å²) in [6.45, 7) is 0. The van der Waals surface area contributed by atoms with Gasteiger partial charge in [0.2, 0.25) is 0 Å². The average Bonchev–Trinajstić information content (AvgIpc) is 2.91. The van der Waals surface area contributed by atoms with Crippen LogP contribution < -0.4 is 10.1 Å². The Balaban J connectivity index is 1.71. The van der Waals surface area contributed by atoms with Crippen molar-refractivity contribution in [1.29, 1.82) is 0 Å². The average molecular weight is 284 g/mol. The molecule has 0 fully saturated rings. The fourth-order valence-electron chi connectivity index (χ4n) is 2.25. The number of amides is 1. The van der Waals surface area contributed by atoms with Gasteiger partial charge in [-0.2, -0.15) is 0 Å². The number of carbonyl (C=O) groups excluding carboxylic acids is 1. The van der Waals surface area contributed by atoms with Gasteiger partial charge in [0.05, 0.1) is 4.92 Å². The van der Waals surface area contributed by atoms with Crippen molar-refractivity contribution < 1.29 is 14.5 Å². The Labute approximate surface area is 120 Å². The van der Waals surface area contributed by atoms with Crippen LogP contribution in [0.5, 0.6) is 5.75 Å². The summed E-state index contributed by atoms with van der Waals surface area (Å²) in [5.74, 6) is 0.392. The van der Waals surface area contributed by atoms with E-state index in [9.17, 15) is 14.9 Å². The van der Waals surface area contributed by atoms with E-state index in [1.807, 2.05) is 24.3 Å². The highest BCUT2D eigenvalue weighted by molar-refractivity contribution is 5.95. The predicted octanol–water partition coefficient (Wildman–Crippen LogP) is 2.54. The molecule has 106 valence electrons. The number of anilines is 1. The van der Waals surface area contributed by atoms with E-state index in [4.69, 9.17) is 4.74 Å². The molecule has 0 bridgehead atoms. The SMILES string of the molecule is O=C(Nc1cccc([N+](=O)[O-])c1)[C@@H]1Cc2ccccc2O1. The first-order chi connectivity index (χ1) is 10.1. The van der Waals surface area contributed by atoms with E-state index in [0.29, 0.717) is 17.9 Å². The van der Waals surface area contributed by atoms with Gasteiger partial charge in [-0.25, -0.2) is 0 Å². The van der Waals surface area contributed by atoms with Crippen molar-refractivity contribution in [2.75, 3.05) is 5.32 Å². The van der Waals surface area contributed by atoms with Crippen molar-refractivity contribution >= 4 is 17.3 Å². The van der Waals surface area contributed by atoms with E-state index in [1.54, 1.807) is 6.07 Å².